The molecule has 0 aromatic rings. The summed E-state index contributed by atoms with van der Waals surface area (Å²) in [5.74, 6) is 0. The van der Waals surface area contributed by atoms with E-state index in [1.54, 1.807) is 10.0 Å². The summed E-state index contributed by atoms with van der Waals surface area (Å²) >= 11 is 0. The first-order valence-corrected chi connectivity index (χ1v) is 3.06. The van der Waals surface area contributed by atoms with Crippen LogP contribution >= 0.6 is 0 Å². The van der Waals surface area contributed by atoms with Gasteiger partial charge in [-0.2, -0.15) is 20.3 Å². The molecule has 8 heteroatoms. The molecule has 0 aromatic heterocycles. The smallest absolute Gasteiger partial charge is 0.130 e. The standard InChI is InChI=1S/C3H6N6O2/c10-4-8-2-6-1-7(8)3-9(6)5-11/h1-3H2. The fraction of sp³-hybridized carbons (Fsp3) is 1.00. The van der Waals surface area contributed by atoms with Gasteiger partial charge in [0.2, 0.25) is 0 Å². The number of hydrogen-bond donors (Lipinski definition) is 0. The lowest BCUT2D eigenvalue weighted by Crippen LogP contribution is -2.43. The fourth-order valence-electron chi connectivity index (χ4n) is 1.20. The summed E-state index contributed by atoms with van der Waals surface area (Å²) in [6, 6.07) is 0. The molecule has 0 spiro atoms. The fourth-order valence-corrected chi connectivity index (χ4v) is 1.20. The minimum atomic E-state index is 0.315. The molecule has 0 N–H and O–H groups in total. The second-order valence-corrected chi connectivity index (χ2v) is 2.35. The van der Waals surface area contributed by atoms with Crippen LogP contribution < -0.4 is 0 Å². The SMILES string of the molecule is O=NN1CN2CN1CN2N=O. The number of rotatable bonds is 2. The van der Waals surface area contributed by atoms with Crippen LogP contribution in [0.5, 0.6) is 0 Å². The summed E-state index contributed by atoms with van der Waals surface area (Å²) < 4.78 is 0. The maximum atomic E-state index is 10.1. The molecular formula is C3H6N6O2. The molecular weight excluding hydrogens is 152 g/mol. The zero-order valence-electron chi connectivity index (χ0n) is 5.62. The molecule has 60 valence electrons. The second-order valence-electron chi connectivity index (χ2n) is 2.35. The summed E-state index contributed by atoms with van der Waals surface area (Å²) in [5.41, 5.74) is 0. The van der Waals surface area contributed by atoms with Crippen LogP contribution in [0.2, 0.25) is 0 Å². The third-order valence-corrected chi connectivity index (χ3v) is 1.75. The van der Waals surface area contributed by atoms with Gasteiger partial charge in [-0.15, -0.1) is 9.81 Å². The lowest BCUT2D eigenvalue weighted by molar-refractivity contribution is -0.0899. The normalized spacial score (nSPS) is 34.5. The van der Waals surface area contributed by atoms with Gasteiger partial charge >= 0.3 is 0 Å². The third-order valence-electron chi connectivity index (χ3n) is 1.75. The molecule has 2 atom stereocenters. The van der Waals surface area contributed by atoms with Crippen molar-refractivity contribution in [3.8, 4) is 0 Å². The summed E-state index contributed by atoms with van der Waals surface area (Å²) in [5, 5.41) is 11.2. The van der Waals surface area contributed by atoms with Crippen LogP contribution in [0.15, 0.2) is 10.6 Å². The van der Waals surface area contributed by atoms with Crippen molar-refractivity contribution in [2.75, 3.05) is 20.0 Å². The highest BCUT2D eigenvalue weighted by Gasteiger charge is 2.40. The predicted molar refractivity (Wildman–Crippen MR) is 33.5 cm³/mol. The van der Waals surface area contributed by atoms with Gasteiger partial charge in [-0.1, -0.05) is 0 Å². The van der Waals surface area contributed by atoms with Crippen LogP contribution in [0.3, 0.4) is 0 Å². The Kier molecular flexibility index (Phi) is 1.23. The van der Waals surface area contributed by atoms with Gasteiger partial charge in [0.1, 0.15) is 13.3 Å². The molecule has 2 fully saturated rings. The van der Waals surface area contributed by atoms with Crippen molar-refractivity contribution < 1.29 is 0 Å². The van der Waals surface area contributed by atoms with E-state index in [-0.39, 0.29) is 0 Å². The Morgan fingerprint density at radius 2 is 1.27 bits per heavy atom. The van der Waals surface area contributed by atoms with Gasteiger partial charge in [0.05, 0.1) is 17.2 Å². The van der Waals surface area contributed by atoms with Crippen LogP contribution in [-0.2, 0) is 0 Å². The average molecular weight is 158 g/mol. The Morgan fingerprint density at radius 3 is 1.55 bits per heavy atom. The van der Waals surface area contributed by atoms with E-state index >= 15 is 0 Å². The molecule has 2 aliphatic rings. The van der Waals surface area contributed by atoms with Crippen molar-refractivity contribution in [2.45, 2.75) is 0 Å². The molecule has 0 aliphatic carbocycles. The highest BCUT2D eigenvalue weighted by Crippen LogP contribution is 2.22. The van der Waals surface area contributed by atoms with E-state index in [1.165, 1.54) is 10.2 Å². The van der Waals surface area contributed by atoms with E-state index in [2.05, 4.69) is 10.6 Å². The Morgan fingerprint density at radius 1 is 0.818 bits per heavy atom. The summed E-state index contributed by atoms with van der Waals surface area (Å²) in [7, 11) is 0. The number of hydrazine groups is 2. The van der Waals surface area contributed by atoms with E-state index in [1.807, 2.05) is 0 Å². The van der Waals surface area contributed by atoms with Crippen molar-refractivity contribution in [3.05, 3.63) is 9.81 Å². The number of nitrogens with zero attached hydrogens (tertiary/aromatic N) is 6. The topological polar surface area (TPSA) is 71.8 Å². The van der Waals surface area contributed by atoms with Gasteiger partial charge in [0, 0.05) is 0 Å². The molecule has 0 radical (unpaired) electrons. The van der Waals surface area contributed by atoms with E-state index < -0.39 is 0 Å². The molecule has 11 heavy (non-hydrogen) atoms. The van der Waals surface area contributed by atoms with Crippen LogP contribution in [0.25, 0.3) is 0 Å². The van der Waals surface area contributed by atoms with E-state index in [0.717, 1.165) is 0 Å². The van der Waals surface area contributed by atoms with E-state index in [0.29, 0.717) is 20.0 Å². The zero-order chi connectivity index (χ0) is 7.84. The maximum absolute atomic E-state index is 10.1. The second kappa shape index (κ2) is 2.10. The van der Waals surface area contributed by atoms with Gasteiger partial charge in [0.15, 0.2) is 0 Å². The molecule has 2 rings (SSSR count). The molecule has 0 saturated carbocycles. The molecule has 2 saturated heterocycles. The van der Waals surface area contributed by atoms with Crippen molar-refractivity contribution in [1.29, 1.82) is 0 Å². The Bertz CT molecular complexity index is 176. The predicted octanol–water partition coefficient (Wildman–Crippen LogP) is -0.713. The Hall–Kier alpha value is -1.28. The summed E-state index contributed by atoms with van der Waals surface area (Å²) in [6.45, 7) is 1.14. The Balaban J connectivity index is 2.07. The monoisotopic (exact) mass is 158 g/mol. The first-order chi connectivity index (χ1) is 5.35. The Labute approximate surface area is 61.8 Å². The molecule has 2 heterocycles. The summed E-state index contributed by atoms with van der Waals surface area (Å²) in [6.07, 6.45) is 0. The van der Waals surface area contributed by atoms with E-state index in [9.17, 15) is 9.81 Å². The highest BCUT2D eigenvalue weighted by molar-refractivity contribution is 4.69. The van der Waals surface area contributed by atoms with Crippen molar-refractivity contribution in [3.63, 3.8) is 0 Å². The van der Waals surface area contributed by atoms with Gasteiger partial charge in [-0.25, -0.2) is 0 Å². The molecule has 8 nitrogen and oxygen atoms in total. The zero-order valence-corrected chi connectivity index (χ0v) is 5.62. The lowest BCUT2D eigenvalue weighted by Gasteiger charge is -2.26. The van der Waals surface area contributed by atoms with Crippen LogP contribution in [0, 0.1) is 9.81 Å². The van der Waals surface area contributed by atoms with Gasteiger partial charge in [-0.05, 0) is 0 Å². The van der Waals surface area contributed by atoms with E-state index in [4.69, 9.17) is 0 Å². The maximum Gasteiger partial charge on any atom is 0.130 e. The molecule has 2 aliphatic heterocycles. The third kappa shape index (κ3) is 0.763. The number of fused-ring (bicyclic) bond motifs is 2. The highest BCUT2D eigenvalue weighted by atomic mass is 16.3. The molecule has 0 aromatic carbocycles. The summed E-state index contributed by atoms with van der Waals surface area (Å²) in [4.78, 5) is 20.1. The minimum absolute atomic E-state index is 0.315. The van der Waals surface area contributed by atoms with Crippen LogP contribution in [0.1, 0.15) is 0 Å². The van der Waals surface area contributed by atoms with Crippen LogP contribution in [0.4, 0.5) is 0 Å². The van der Waals surface area contributed by atoms with Crippen molar-refractivity contribution in [2.24, 2.45) is 10.6 Å². The quantitative estimate of drug-likeness (QED) is 0.494. The van der Waals surface area contributed by atoms with Gasteiger partial charge < -0.3 is 0 Å². The lowest BCUT2D eigenvalue weighted by atomic mass is 10.9. The average Bonchev–Trinajstić information content (AvgIpc) is 2.60. The van der Waals surface area contributed by atoms with Crippen molar-refractivity contribution in [1.82, 2.24) is 20.3 Å². The largest absolute Gasteiger partial charge is 0.171 e. The van der Waals surface area contributed by atoms with Crippen LogP contribution in [-0.4, -0.2) is 40.3 Å². The molecule has 0 amide bonds. The van der Waals surface area contributed by atoms with Gasteiger partial charge in [-0.3, -0.25) is 0 Å². The first kappa shape index (κ1) is 6.43. The molecule has 2 unspecified atom stereocenters. The number of nitroso groups, excluding NO2 is 2. The minimum Gasteiger partial charge on any atom is -0.171 e. The number of hydrogen-bond acceptors (Lipinski definition) is 6. The van der Waals surface area contributed by atoms with Gasteiger partial charge in [0.25, 0.3) is 0 Å². The van der Waals surface area contributed by atoms with Crippen molar-refractivity contribution >= 4 is 0 Å². The molecule has 2 bridgehead atoms. The first-order valence-electron chi connectivity index (χ1n) is 3.06.